The van der Waals surface area contributed by atoms with Crippen LogP contribution >= 0.6 is 0 Å². The lowest BCUT2D eigenvalue weighted by Gasteiger charge is -2.42. The van der Waals surface area contributed by atoms with Gasteiger partial charge in [-0.15, -0.1) is 0 Å². The van der Waals surface area contributed by atoms with Crippen LogP contribution in [-0.4, -0.2) is 142 Å². The van der Waals surface area contributed by atoms with E-state index in [0.29, 0.717) is 12.8 Å². The van der Waals surface area contributed by atoms with Crippen molar-refractivity contribution in [2.45, 2.75) is 248 Å². The molecule has 0 aromatic rings. The minimum absolute atomic E-state index is 0.172. The molecule has 0 amide bonds. The molecule has 2 rings (SSSR count). The van der Waals surface area contributed by atoms with Crippen LogP contribution in [0.3, 0.4) is 0 Å². The van der Waals surface area contributed by atoms with Crippen LogP contribution < -0.4 is 0 Å². The quantitative estimate of drug-likeness (QED) is 0.0315. The van der Waals surface area contributed by atoms with Crippen LogP contribution in [0.2, 0.25) is 0 Å². The predicted molar refractivity (Wildman–Crippen MR) is 225 cm³/mol. The van der Waals surface area contributed by atoms with E-state index in [1.165, 1.54) is 103 Å². The maximum absolute atomic E-state index is 12.9. The fraction of sp³-hybridized carbons (Fsp3) is 0.956. The Labute approximate surface area is 359 Å². The molecular formula is C45H84O15. The SMILES string of the molecule is CCCCCCCCCCCCCCCC(=O)OC[C@H](CO[C@@H]1O[C@H](CO[C@@H]2O[C@H](CO)[C@H](O)C(O)C2O)[C@H](O)C(O)C1O)OC(=O)CCCCCCCCCCCCC. The second-order valence-corrected chi connectivity index (χ2v) is 17.0. The highest BCUT2D eigenvalue weighted by Gasteiger charge is 2.47. The summed E-state index contributed by atoms with van der Waals surface area (Å²) in [5.41, 5.74) is 0. The Balaban J connectivity index is 1.84. The Morgan fingerprint density at radius 2 is 0.850 bits per heavy atom. The highest BCUT2D eigenvalue weighted by molar-refractivity contribution is 5.70. The van der Waals surface area contributed by atoms with Crippen molar-refractivity contribution in [2.75, 3.05) is 26.4 Å². The molecule has 0 aliphatic carbocycles. The summed E-state index contributed by atoms with van der Waals surface area (Å²) in [5.74, 6) is -0.916. The van der Waals surface area contributed by atoms with E-state index in [2.05, 4.69) is 13.8 Å². The lowest BCUT2D eigenvalue weighted by atomic mass is 9.98. The minimum Gasteiger partial charge on any atom is -0.462 e. The lowest BCUT2D eigenvalue weighted by Crippen LogP contribution is -2.61. The Hall–Kier alpha value is -1.50. The van der Waals surface area contributed by atoms with Gasteiger partial charge in [-0.25, -0.2) is 0 Å². The number of hydrogen-bond donors (Lipinski definition) is 7. The fourth-order valence-corrected chi connectivity index (χ4v) is 7.63. The first-order valence-corrected chi connectivity index (χ1v) is 23.6. The maximum atomic E-state index is 12.9. The van der Waals surface area contributed by atoms with Gasteiger partial charge >= 0.3 is 11.9 Å². The summed E-state index contributed by atoms with van der Waals surface area (Å²) in [6.07, 6.45) is 11.4. The molecule has 0 saturated carbocycles. The highest BCUT2D eigenvalue weighted by Crippen LogP contribution is 2.26. The number of ether oxygens (including phenoxy) is 6. The third-order valence-corrected chi connectivity index (χ3v) is 11.6. The number of aliphatic hydroxyl groups is 7. The predicted octanol–water partition coefficient (Wildman–Crippen LogP) is 5.26. The summed E-state index contributed by atoms with van der Waals surface area (Å²) in [6.45, 7) is 2.58. The summed E-state index contributed by atoms with van der Waals surface area (Å²) in [7, 11) is 0. The van der Waals surface area contributed by atoms with Gasteiger partial charge in [0.15, 0.2) is 18.7 Å². The molecule has 2 aliphatic rings. The van der Waals surface area contributed by atoms with Crippen molar-refractivity contribution in [3.8, 4) is 0 Å². The molecule has 2 aliphatic heterocycles. The summed E-state index contributed by atoms with van der Waals surface area (Å²) in [4.78, 5) is 25.6. The van der Waals surface area contributed by atoms with Crippen molar-refractivity contribution in [2.24, 2.45) is 0 Å². The number of carbonyl (C=O) groups is 2. The summed E-state index contributed by atoms with van der Waals surface area (Å²) < 4.78 is 33.5. The van der Waals surface area contributed by atoms with E-state index >= 15 is 0 Å². The van der Waals surface area contributed by atoms with Gasteiger partial charge in [0.05, 0.1) is 19.8 Å². The molecule has 2 saturated heterocycles. The Morgan fingerprint density at radius 1 is 0.467 bits per heavy atom. The molecule has 2 fully saturated rings. The largest absolute Gasteiger partial charge is 0.462 e. The molecule has 7 N–H and O–H groups in total. The van der Waals surface area contributed by atoms with Crippen molar-refractivity contribution in [3.05, 3.63) is 0 Å². The summed E-state index contributed by atoms with van der Waals surface area (Å²) in [6, 6.07) is 0. The van der Waals surface area contributed by atoms with Gasteiger partial charge < -0.3 is 64.2 Å². The van der Waals surface area contributed by atoms with Gasteiger partial charge in [0.2, 0.25) is 0 Å². The molecule has 354 valence electrons. The van der Waals surface area contributed by atoms with Crippen LogP contribution in [0.15, 0.2) is 0 Å². The van der Waals surface area contributed by atoms with E-state index < -0.39 is 92.7 Å². The fourth-order valence-electron chi connectivity index (χ4n) is 7.63. The third kappa shape index (κ3) is 22.7. The second kappa shape index (κ2) is 34.0. The molecule has 2 heterocycles. The van der Waals surface area contributed by atoms with Crippen LogP contribution in [-0.2, 0) is 38.0 Å². The molecule has 0 aromatic carbocycles. The molecule has 11 atom stereocenters. The van der Waals surface area contributed by atoms with Gasteiger partial charge in [-0.1, -0.05) is 155 Å². The second-order valence-electron chi connectivity index (χ2n) is 17.0. The van der Waals surface area contributed by atoms with E-state index in [1.54, 1.807) is 0 Å². The normalized spacial score (nSPS) is 27.5. The first-order valence-electron chi connectivity index (χ1n) is 23.6. The molecule has 0 bridgehead atoms. The lowest BCUT2D eigenvalue weighted by molar-refractivity contribution is -0.332. The van der Waals surface area contributed by atoms with Crippen LogP contribution in [0.4, 0.5) is 0 Å². The molecule has 0 spiro atoms. The minimum atomic E-state index is -1.76. The van der Waals surface area contributed by atoms with Crippen LogP contribution in [0, 0.1) is 0 Å². The molecule has 4 unspecified atom stereocenters. The number of esters is 2. The first-order chi connectivity index (χ1) is 29.0. The average molecular weight is 865 g/mol. The topological polar surface area (TPSA) is 231 Å². The molecule has 60 heavy (non-hydrogen) atoms. The van der Waals surface area contributed by atoms with Crippen molar-refractivity contribution in [1.82, 2.24) is 0 Å². The van der Waals surface area contributed by atoms with Crippen molar-refractivity contribution >= 4 is 11.9 Å². The summed E-state index contributed by atoms with van der Waals surface area (Å²) >= 11 is 0. The Kier molecular flexibility index (Phi) is 30.9. The van der Waals surface area contributed by atoms with E-state index in [0.717, 1.165) is 38.5 Å². The first kappa shape index (κ1) is 54.6. The van der Waals surface area contributed by atoms with Gasteiger partial charge in [0.25, 0.3) is 0 Å². The standard InChI is InChI=1S/C45H84O15/c1-3-5-7-9-11-13-15-16-18-19-21-23-25-27-36(47)55-30-33(58-37(48)28-26-24-22-20-17-14-12-10-8-6-4-2)31-56-44-43(54)41(52)39(50)35(60-44)32-57-45-42(53)40(51)38(49)34(29-46)59-45/h33-35,38-46,49-54H,3-32H2,1-2H3/t33-,34-,35-,38+,39+,40?,41?,42?,43?,44-,45-/m1/s1. The number of aliphatic hydroxyl groups excluding tert-OH is 7. The zero-order chi connectivity index (χ0) is 44.0. The zero-order valence-electron chi connectivity index (χ0n) is 37.0. The van der Waals surface area contributed by atoms with E-state index in [9.17, 15) is 45.3 Å². The van der Waals surface area contributed by atoms with Gasteiger partial charge in [-0.05, 0) is 12.8 Å². The highest BCUT2D eigenvalue weighted by atomic mass is 16.7. The monoisotopic (exact) mass is 865 g/mol. The van der Waals surface area contributed by atoms with Crippen LogP contribution in [0.1, 0.15) is 181 Å². The van der Waals surface area contributed by atoms with E-state index in [1.807, 2.05) is 0 Å². The third-order valence-electron chi connectivity index (χ3n) is 11.6. The van der Waals surface area contributed by atoms with Gasteiger partial charge in [0.1, 0.15) is 55.4 Å². The number of carbonyl (C=O) groups excluding carboxylic acids is 2. The van der Waals surface area contributed by atoms with Crippen molar-refractivity contribution < 1.29 is 73.8 Å². The van der Waals surface area contributed by atoms with Gasteiger partial charge in [-0.3, -0.25) is 9.59 Å². The number of unbranched alkanes of at least 4 members (excludes halogenated alkanes) is 22. The Morgan fingerprint density at radius 3 is 1.30 bits per heavy atom. The average Bonchev–Trinajstić information content (AvgIpc) is 3.24. The van der Waals surface area contributed by atoms with Crippen LogP contribution in [0.25, 0.3) is 0 Å². The van der Waals surface area contributed by atoms with Crippen molar-refractivity contribution in [3.63, 3.8) is 0 Å². The molecule has 0 radical (unpaired) electrons. The van der Waals surface area contributed by atoms with Crippen LogP contribution in [0.5, 0.6) is 0 Å². The van der Waals surface area contributed by atoms with Crippen molar-refractivity contribution in [1.29, 1.82) is 0 Å². The molecule has 0 aromatic heterocycles. The molecular weight excluding hydrogens is 780 g/mol. The van der Waals surface area contributed by atoms with Gasteiger partial charge in [-0.2, -0.15) is 0 Å². The molecule has 15 heteroatoms. The maximum Gasteiger partial charge on any atom is 0.306 e. The molecule has 15 nitrogen and oxygen atoms in total. The van der Waals surface area contributed by atoms with E-state index in [-0.39, 0.29) is 26.1 Å². The van der Waals surface area contributed by atoms with Gasteiger partial charge in [0, 0.05) is 12.8 Å². The zero-order valence-corrected chi connectivity index (χ0v) is 37.0. The summed E-state index contributed by atoms with van der Waals surface area (Å²) in [5, 5.41) is 71.8. The number of hydrogen-bond acceptors (Lipinski definition) is 15. The number of rotatable bonds is 36. The smallest absolute Gasteiger partial charge is 0.306 e. The van der Waals surface area contributed by atoms with E-state index in [4.69, 9.17) is 28.4 Å². The Bertz CT molecular complexity index is 1070.